The van der Waals surface area contributed by atoms with Gasteiger partial charge in [0.15, 0.2) is 0 Å². The molecule has 0 atom stereocenters. The molecule has 5 nitrogen and oxygen atoms in total. The number of hydrogen-bond acceptors (Lipinski definition) is 3. The number of unbranched alkanes of at least 4 members (excludes halogenated alkanes) is 8. The molecule has 0 radical (unpaired) electrons. The molecule has 0 aliphatic carbocycles. The molecule has 5 heteroatoms. The molecule has 0 unspecified atom stereocenters. The summed E-state index contributed by atoms with van der Waals surface area (Å²) in [6.07, 6.45) is 11.2. The van der Waals surface area contributed by atoms with Crippen molar-refractivity contribution in [2.24, 2.45) is 5.10 Å². The molecule has 0 heterocycles. The van der Waals surface area contributed by atoms with Gasteiger partial charge in [0.1, 0.15) is 5.71 Å². The Kier molecular flexibility index (Phi) is 11.8. The highest BCUT2D eigenvalue weighted by Gasteiger charge is 2.03. The predicted molar refractivity (Wildman–Crippen MR) is 80.7 cm³/mol. The number of amides is 1. The highest BCUT2D eigenvalue weighted by molar-refractivity contribution is 6.34. The zero-order chi connectivity index (χ0) is 15.2. The quantitative estimate of drug-likeness (QED) is 0.327. The molecule has 0 aromatic rings. The highest BCUT2D eigenvalue weighted by atomic mass is 16.4. The van der Waals surface area contributed by atoms with Crippen molar-refractivity contribution in [2.45, 2.75) is 78.1 Å². The van der Waals surface area contributed by atoms with Gasteiger partial charge in [0.2, 0.25) is 5.91 Å². The van der Waals surface area contributed by atoms with E-state index in [0.717, 1.165) is 19.3 Å². The third kappa shape index (κ3) is 11.7. The average Bonchev–Trinajstić information content (AvgIpc) is 2.42. The average molecular weight is 284 g/mol. The van der Waals surface area contributed by atoms with Gasteiger partial charge in [-0.3, -0.25) is 4.79 Å². The summed E-state index contributed by atoms with van der Waals surface area (Å²) < 4.78 is 0. The van der Waals surface area contributed by atoms with E-state index in [1.165, 1.54) is 45.4 Å². The molecular weight excluding hydrogens is 256 g/mol. The second kappa shape index (κ2) is 12.6. The van der Waals surface area contributed by atoms with E-state index in [9.17, 15) is 9.59 Å². The van der Waals surface area contributed by atoms with E-state index in [2.05, 4.69) is 17.5 Å². The third-order valence-corrected chi connectivity index (χ3v) is 3.17. The van der Waals surface area contributed by atoms with Crippen molar-refractivity contribution in [3.63, 3.8) is 0 Å². The highest BCUT2D eigenvalue weighted by Crippen LogP contribution is 2.10. The van der Waals surface area contributed by atoms with Crippen LogP contribution in [0.1, 0.15) is 78.1 Å². The van der Waals surface area contributed by atoms with Crippen LogP contribution in [0.4, 0.5) is 0 Å². The standard InChI is InChI=1S/C15H28N2O3/c1-3-4-5-6-7-8-9-10-11-12-14(18)17-16-13(2)15(19)20/h3-12H2,1-2H3,(H,17,18)(H,19,20)/b16-13-. The zero-order valence-corrected chi connectivity index (χ0v) is 12.8. The number of nitrogens with one attached hydrogen (secondary N) is 1. The molecule has 20 heavy (non-hydrogen) atoms. The molecule has 0 fully saturated rings. The summed E-state index contributed by atoms with van der Waals surface area (Å²) in [5.74, 6) is -1.33. The van der Waals surface area contributed by atoms with Crippen LogP contribution in [-0.2, 0) is 9.59 Å². The summed E-state index contributed by atoms with van der Waals surface area (Å²) in [6.45, 7) is 3.56. The summed E-state index contributed by atoms with van der Waals surface area (Å²) >= 11 is 0. The Balaban J connectivity index is 3.40. The Morgan fingerprint density at radius 1 is 0.950 bits per heavy atom. The van der Waals surface area contributed by atoms with Gasteiger partial charge < -0.3 is 5.11 Å². The molecule has 0 aromatic heterocycles. The molecule has 0 aliphatic heterocycles. The largest absolute Gasteiger partial charge is 0.477 e. The smallest absolute Gasteiger partial charge is 0.351 e. The molecule has 0 aliphatic rings. The van der Waals surface area contributed by atoms with E-state index in [4.69, 9.17) is 5.11 Å². The fourth-order valence-corrected chi connectivity index (χ4v) is 1.85. The van der Waals surface area contributed by atoms with Gasteiger partial charge in [-0.05, 0) is 13.3 Å². The Labute approximate surface area is 121 Å². The topological polar surface area (TPSA) is 78.8 Å². The number of carbonyl (C=O) groups excluding carboxylic acids is 1. The number of aliphatic carboxylic acids is 1. The lowest BCUT2D eigenvalue weighted by molar-refractivity contribution is -0.129. The minimum Gasteiger partial charge on any atom is -0.477 e. The van der Waals surface area contributed by atoms with E-state index >= 15 is 0 Å². The summed E-state index contributed by atoms with van der Waals surface area (Å²) in [7, 11) is 0. The molecule has 0 rings (SSSR count). The summed E-state index contributed by atoms with van der Waals surface area (Å²) in [4.78, 5) is 21.8. The molecular formula is C15H28N2O3. The maximum Gasteiger partial charge on any atom is 0.351 e. The van der Waals surface area contributed by atoms with E-state index in [-0.39, 0.29) is 11.6 Å². The lowest BCUT2D eigenvalue weighted by Gasteiger charge is -2.02. The predicted octanol–water partition coefficient (Wildman–Crippen LogP) is 3.48. The Bertz CT molecular complexity index is 314. The van der Waals surface area contributed by atoms with Crippen LogP contribution in [-0.4, -0.2) is 22.7 Å². The summed E-state index contributed by atoms with van der Waals surface area (Å²) in [5.41, 5.74) is 2.15. The van der Waals surface area contributed by atoms with E-state index in [1.807, 2.05) is 0 Å². The van der Waals surface area contributed by atoms with Gasteiger partial charge in [-0.1, -0.05) is 58.3 Å². The van der Waals surface area contributed by atoms with Crippen LogP contribution in [0.2, 0.25) is 0 Å². The van der Waals surface area contributed by atoms with Gasteiger partial charge in [-0.25, -0.2) is 10.2 Å². The number of hydrogen-bond donors (Lipinski definition) is 2. The lowest BCUT2D eigenvalue weighted by Crippen LogP contribution is -2.21. The Morgan fingerprint density at radius 2 is 1.45 bits per heavy atom. The second-order valence-electron chi connectivity index (χ2n) is 5.12. The van der Waals surface area contributed by atoms with Crippen molar-refractivity contribution in [1.29, 1.82) is 0 Å². The van der Waals surface area contributed by atoms with Gasteiger partial charge in [0.25, 0.3) is 0 Å². The van der Waals surface area contributed by atoms with Crippen molar-refractivity contribution in [3.05, 3.63) is 0 Å². The van der Waals surface area contributed by atoms with Crippen molar-refractivity contribution in [3.8, 4) is 0 Å². The molecule has 2 N–H and O–H groups in total. The van der Waals surface area contributed by atoms with Crippen molar-refractivity contribution >= 4 is 17.6 Å². The van der Waals surface area contributed by atoms with Gasteiger partial charge in [0, 0.05) is 6.42 Å². The van der Waals surface area contributed by atoms with Gasteiger partial charge in [-0.15, -0.1) is 0 Å². The number of nitrogens with zero attached hydrogens (tertiary/aromatic N) is 1. The van der Waals surface area contributed by atoms with Crippen LogP contribution in [0.25, 0.3) is 0 Å². The SMILES string of the molecule is CCCCCCCCCCCC(=O)N/N=C(/C)C(=O)O. The third-order valence-electron chi connectivity index (χ3n) is 3.17. The molecule has 0 saturated heterocycles. The van der Waals surface area contributed by atoms with Crippen LogP contribution in [0.5, 0.6) is 0 Å². The Hall–Kier alpha value is -1.39. The molecule has 0 bridgehead atoms. The van der Waals surface area contributed by atoms with Gasteiger partial charge >= 0.3 is 5.97 Å². The number of carboxylic acids is 1. The number of rotatable bonds is 12. The van der Waals surface area contributed by atoms with Gasteiger partial charge in [-0.2, -0.15) is 5.10 Å². The zero-order valence-electron chi connectivity index (χ0n) is 12.8. The number of hydrazone groups is 1. The summed E-state index contributed by atoms with van der Waals surface area (Å²) in [6, 6.07) is 0. The van der Waals surface area contributed by atoms with Gasteiger partial charge in [0.05, 0.1) is 0 Å². The van der Waals surface area contributed by atoms with Crippen molar-refractivity contribution in [1.82, 2.24) is 5.43 Å². The molecule has 0 saturated carbocycles. The first-order valence-corrected chi connectivity index (χ1v) is 7.64. The monoisotopic (exact) mass is 284 g/mol. The lowest BCUT2D eigenvalue weighted by atomic mass is 10.1. The minimum absolute atomic E-state index is 0.106. The Morgan fingerprint density at radius 3 is 1.95 bits per heavy atom. The second-order valence-corrected chi connectivity index (χ2v) is 5.12. The summed E-state index contributed by atoms with van der Waals surface area (Å²) in [5, 5.41) is 12.1. The molecule has 0 aromatic carbocycles. The maximum absolute atomic E-state index is 11.4. The molecule has 0 spiro atoms. The van der Waals surface area contributed by atoms with Crippen LogP contribution in [0, 0.1) is 0 Å². The first kappa shape index (κ1) is 18.6. The van der Waals surface area contributed by atoms with E-state index < -0.39 is 5.97 Å². The first-order valence-electron chi connectivity index (χ1n) is 7.64. The molecule has 116 valence electrons. The van der Waals surface area contributed by atoms with Crippen LogP contribution in [0.15, 0.2) is 5.10 Å². The van der Waals surface area contributed by atoms with E-state index in [0.29, 0.717) is 6.42 Å². The van der Waals surface area contributed by atoms with Crippen LogP contribution < -0.4 is 5.43 Å². The van der Waals surface area contributed by atoms with Crippen LogP contribution in [0.3, 0.4) is 0 Å². The maximum atomic E-state index is 11.4. The first-order chi connectivity index (χ1) is 9.57. The minimum atomic E-state index is -1.12. The fourth-order valence-electron chi connectivity index (χ4n) is 1.85. The van der Waals surface area contributed by atoms with Crippen molar-refractivity contribution in [2.75, 3.05) is 0 Å². The number of carboxylic acid groups (broad SMARTS) is 1. The fraction of sp³-hybridized carbons (Fsp3) is 0.800. The molecule has 1 amide bonds. The normalized spacial score (nSPS) is 11.4. The van der Waals surface area contributed by atoms with E-state index in [1.54, 1.807) is 0 Å². The van der Waals surface area contributed by atoms with Crippen LogP contribution >= 0.6 is 0 Å². The number of carbonyl (C=O) groups is 2. The van der Waals surface area contributed by atoms with Crippen molar-refractivity contribution < 1.29 is 14.7 Å².